The lowest BCUT2D eigenvalue weighted by molar-refractivity contribution is 0.0233. The van der Waals surface area contributed by atoms with Crippen molar-refractivity contribution in [3.05, 3.63) is 42.1 Å². The minimum absolute atomic E-state index is 0.0120. The number of aromatic nitrogens is 6. The van der Waals surface area contributed by atoms with Crippen LogP contribution in [-0.4, -0.2) is 46.9 Å². The van der Waals surface area contributed by atoms with Gasteiger partial charge in [0.15, 0.2) is 0 Å². The molecule has 0 bridgehead atoms. The summed E-state index contributed by atoms with van der Waals surface area (Å²) in [5.41, 5.74) is 0.884. The average Bonchev–Trinajstić information content (AvgIpc) is 3.18. The van der Waals surface area contributed by atoms with Crippen LogP contribution < -0.4 is 0 Å². The Kier molecular flexibility index (Phi) is 3.99. The molecular formula is C12H15N6O4P. The van der Waals surface area contributed by atoms with Crippen molar-refractivity contribution in [3.8, 4) is 0 Å². The SMILES string of the molecule is COC(CCc1nnn[nH]1)(c1cccc2nccn12)P(=O)(O)O. The second-order valence-corrected chi connectivity index (χ2v) is 6.76. The predicted molar refractivity (Wildman–Crippen MR) is 78.4 cm³/mol. The fourth-order valence-corrected chi connectivity index (χ4v) is 3.71. The second-order valence-electron chi connectivity index (χ2n) is 4.95. The summed E-state index contributed by atoms with van der Waals surface area (Å²) < 4.78 is 19.3. The van der Waals surface area contributed by atoms with Gasteiger partial charge in [0.25, 0.3) is 0 Å². The summed E-state index contributed by atoms with van der Waals surface area (Å²) in [7, 11) is -3.41. The molecule has 3 aromatic rings. The largest absolute Gasteiger partial charge is 0.363 e. The summed E-state index contributed by atoms with van der Waals surface area (Å²) in [5.74, 6) is 0.415. The molecule has 0 radical (unpaired) electrons. The van der Waals surface area contributed by atoms with Crippen molar-refractivity contribution < 1.29 is 19.1 Å². The van der Waals surface area contributed by atoms with Crippen LogP contribution >= 0.6 is 7.60 Å². The molecule has 122 valence electrons. The highest BCUT2D eigenvalue weighted by Gasteiger charge is 2.50. The highest BCUT2D eigenvalue weighted by Crippen LogP contribution is 2.59. The number of hydrogen-bond donors (Lipinski definition) is 3. The fourth-order valence-electron chi connectivity index (χ4n) is 2.59. The van der Waals surface area contributed by atoms with Crippen LogP contribution in [0.15, 0.2) is 30.6 Å². The second kappa shape index (κ2) is 5.82. The van der Waals surface area contributed by atoms with Gasteiger partial charge in [-0.15, -0.1) is 5.10 Å². The number of pyridine rings is 1. The van der Waals surface area contributed by atoms with E-state index in [1.54, 1.807) is 35.0 Å². The third-order valence-corrected chi connectivity index (χ3v) is 5.30. The molecule has 3 rings (SSSR count). The quantitative estimate of drug-likeness (QED) is 0.551. The maximum absolute atomic E-state index is 12.3. The number of aryl methyl sites for hydroxylation is 1. The predicted octanol–water partition coefficient (Wildman–Crippen LogP) is 0.457. The van der Waals surface area contributed by atoms with Crippen LogP contribution in [0.2, 0.25) is 0 Å². The zero-order valence-electron chi connectivity index (χ0n) is 12.2. The van der Waals surface area contributed by atoms with E-state index in [1.807, 2.05) is 0 Å². The van der Waals surface area contributed by atoms with E-state index < -0.39 is 12.9 Å². The number of H-pyrrole nitrogens is 1. The Morgan fingerprint density at radius 3 is 2.91 bits per heavy atom. The van der Waals surface area contributed by atoms with E-state index in [4.69, 9.17) is 4.74 Å². The van der Waals surface area contributed by atoms with Crippen molar-refractivity contribution in [1.29, 1.82) is 0 Å². The summed E-state index contributed by atoms with van der Waals surface area (Å²) in [6, 6.07) is 5.02. The molecule has 3 N–H and O–H groups in total. The van der Waals surface area contributed by atoms with Crippen LogP contribution in [0.5, 0.6) is 0 Å². The van der Waals surface area contributed by atoms with E-state index >= 15 is 0 Å². The first-order valence-corrected chi connectivity index (χ1v) is 8.35. The number of fused-ring (bicyclic) bond motifs is 1. The van der Waals surface area contributed by atoms with E-state index in [0.29, 0.717) is 17.2 Å². The molecule has 10 nitrogen and oxygen atoms in total. The Morgan fingerprint density at radius 1 is 1.43 bits per heavy atom. The molecule has 0 saturated heterocycles. The van der Waals surface area contributed by atoms with Crippen molar-refractivity contribution >= 4 is 13.2 Å². The number of rotatable bonds is 6. The van der Waals surface area contributed by atoms with Gasteiger partial charge < -0.3 is 18.9 Å². The van der Waals surface area contributed by atoms with Crippen molar-refractivity contribution in [2.24, 2.45) is 0 Å². The Morgan fingerprint density at radius 2 is 2.26 bits per heavy atom. The number of ether oxygens (including phenoxy) is 1. The third-order valence-electron chi connectivity index (χ3n) is 3.73. The van der Waals surface area contributed by atoms with Crippen LogP contribution in [0.25, 0.3) is 5.65 Å². The Balaban J connectivity index is 2.11. The first-order valence-electron chi connectivity index (χ1n) is 6.74. The third kappa shape index (κ3) is 2.66. The minimum atomic E-state index is -4.68. The van der Waals surface area contributed by atoms with Crippen molar-refractivity contribution in [2.45, 2.75) is 18.2 Å². The van der Waals surface area contributed by atoms with Gasteiger partial charge in [0.05, 0.1) is 5.69 Å². The Hall–Kier alpha value is -2.13. The van der Waals surface area contributed by atoms with Gasteiger partial charge >= 0.3 is 7.60 Å². The van der Waals surface area contributed by atoms with E-state index in [1.165, 1.54) is 7.11 Å². The fraction of sp³-hybridized carbons (Fsp3) is 0.333. The lowest BCUT2D eigenvalue weighted by Crippen LogP contribution is -2.31. The van der Waals surface area contributed by atoms with Crippen LogP contribution in [0, 0.1) is 0 Å². The highest BCUT2D eigenvalue weighted by molar-refractivity contribution is 7.52. The van der Waals surface area contributed by atoms with Gasteiger partial charge in [-0.25, -0.2) is 10.1 Å². The van der Waals surface area contributed by atoms with E-state index in [9.17, 15) is 14.4 Å². The molecule has 3 aromatic heterocycles. The van der Waals surface area contributed by atoms with Gasteiger partial charge in [-0.2, -0.15) is 0 Å². The minimum Gasteiger partial charge on any atom is -0.360 e. The molecule has 1 unspecified atom stereocenters. The molecule has 0 spiro atoms. The molecule has 0 aliphatic carbocycles. The molecule has 0 aromatic carbocycles. The maximum atomic E-state index is 12.3. The monoisotopic (exact) mass is 338 g/mol. The topological polar surface area (TPSA) is 139 Å². The molecule has 0 aliphatic rings. The van der Waals surface area contributed by atoms with Crippen molar-refractivity contribution in [2.75, 3.05) is 7.11 Å². The van der Waals surface area contributed by atoms with Crippen LogP contribution in [0.3, 0.4) is 0 Å². The molecule has 1 atom stereocenters. The summed E-state index contributed by atoms with van der Waals surface area (Å²) >= 11 is 0. The summed E-state index contributed by atoms with van der Waals surface area (Å²) in [6.45, 7) is 0. The highest BCUT2D eigenvalue weighted by atomic mass is 31.2. The number of aromatic amines is 1. The molecule has 3 heterocycles. The Bertz CT molecular complexity index is 844. The zero-order chi connectivity index (χ0) is 16.5. The van der Waals surface area contributed by atoms with Crippen LogP contribution in [0.4, 0.5) is 0 Å². The van der Waals surface area contributed by atoms with E-state index in [0.717, 1.165) is 0 Å². The normalized spacial score (nSPS) is 14.9. The molecule has 23 heavy (non-hydrogen) atoms. The maximum Gasteiger partial charge on any atom is 0.363 e. The van der Waals surface area contributed by atoms with Gasteiger partial charge in [-0.05, 0) is 22.6 Å². The van der Waals surface area contributed by atoms with E-state index in [-0.39, 0.29) is 12.8 Å². The number of hydrogen-bond acceptors (Lipinski definition) is 6. The van der Waals surface area contributed by atoms with Gasteiger partial charge in [0, 0.05) is 32.3 Å². The van der Waals surface area contributed by atoms with Crippen LogP contribution in [-0.2, 0) is 21.1 Å². The van der Waals surface area contributed by atoms with Crippen LogP contribution in [0.1, 0.15) is 17.9 Å². The summed E-state index contributed by atoms with van der Waals surface area (Å²) in [6.07, 6.45) is 3.38. The number of methoxy groups -OCH3 is 1. The summed E-state index contributed by atoms with van der Waals surface area (Å²) in [5, 5.41) is 11.4. The van der Waals surface area contributed by atoms with E-state index in [2.05, 4.69) is 25.6 Å². The number of nitrogens with zero attached hydrogens (tertiary/aromatic N) is 5. The molecule has 0 fully saturated rings. The van der Waals surface area contributed by atoms with Gasteiger partial charge in [0.2, 0.25) is 5.34 Å². The smallest absolute Gasteiger partial charge is 0.360 e. The number of imidazole rings is 1. The van der Waals surface area contributed by atoms with Gasteiger partial charge in [-0.3, -0.25) is 4.57 Å². The van der Waals surface area contributed by atoms with Gasteiger partial charge in [0.1, 0.15) is 11.5 Å². The molecule has 0 aliphatic heterocycles. The zero-order valence-corrected chi connectivity index (χ0v) is 13.1. The first kappa shape index (κ1) is 15.8. The molecule has 0 amide bonds. The lowest BCUT2D eigenvalue weighted by Gasteiger charge is -2.33. The lowest BCUT2D eigenvalue weighted by atomic mass is 10.1. The molecular weight excluding hydrogens is 323 g/mol. The average molecular weight is 338 g/mol. The molecule has 0 saturated carbocycles. The number of tetrazole rings is 1. The first-order chi connectivity index (χ1) is 11.0. The summed E-state index contributed by atoms with van der Waals surface area (Å²) in [4.78, 5) is 24.1. The van der Waals surface area contributed by atoms with Gasteiger partial charge in [-0.1, -0.05) is 6.07 Å². The number of nitrogens with one attached hydrogen (secondary N) is 1. The van der Waals surface area contributed by atoms with Crippen molar-refractivity contribution in [1.82, 2.24) is 30.0 Å². The Labute approximate surface area is 130 Å². The molecule has 11 heteroatoms. The standard InChI is InChI=1S/C12H15N6O4P/c1-22-12(23(19,20)21,6-5-10-14-16-17-15-10)9-3-2-4-11-13-7-8-18(9)11/h2-4,7-8H,5-6H2,1H3,(H2,19,20,21)(H,14,15,16,17). The van der Waals surface area contributed by atoms with Crippen molar-refractivity contribution in [3.63, 3.8) is 0 Å².